The van der Waals surface area contributed by atoms with Crippen LogP contribution in [-0.4, -0.2) is 57.6 Å². The van der Waals surface area contributed by atoms with E-state index >= 15 is 0 Å². The Labute approximate surface area is 262 Å². The van der Waals surface area contributed by atoms with Gasteiger partial charge in [-0.3, -0.25) is 13.9 Å². The Morgan fingerprint density at radius 1 is 0.976 bits per heavy atom. The lowest BCUT2D eigenvalue weighted by atomic mass is 10.0. The molecule has 0 aromatic heterocycles. The molecule has 1 N–H and O–H groups in total. The first-order valence-electron chi connectivity index (χ1n) is 13.3. The summed E-state index contributed by atoms with van der Waals surface area (Å²) in [5, 5.41) is 3.79. The van der Waals surface area contributed by atoms with E-state index in [1.54, 1.807) is 24.3 Å². The van der Waals surface area contributed by atoms with Gasteiger partial charge in [0.25, 0.3) is 0 Å². The van der Waals surface area contributed by atoms with Gasteiger partial charge in [-0.2, -0.15) is 0 Å². The molecule has 0 saturated carbocycles. The van der Waals surface area contributed by atoms with Crippen LogP contribution in [0, 0.1) is 0 Å². The summed E-state index contributed by atoms with van der Waals surface area (Å²) in [5.41, 5.74) is 1.33. The summed E-state index contributed by atoms with van der Waals surface area (Å²) in [6.45, 7) is 1.66. The van der Waals surface area contributed by atoms with Crippen molar-refractivity contribution < 1.29 is 22.7 Å². The third-order valence-electron chi connectivity index (χ3n) is 6.58. The fourth-order valence-corrected chi connectivity index (χ4v) is 5.89. The molecule has 0 fully saturated rings. The molecule has 3 aromatic rings. The van der Waals surface area contributed by atoms with Gasteiger partial charge in [-0.25, -0.2) is 8.42 Å². The largest absolute Gasteiger partial charge is 0.495 e. The summed E-state index contributed by atoms with van der Waals surface area (Å²) in [7, 11) is -2.63. The second kappa shape index (κ2) is 15.5. The highest BCUT2D eigenvalue weighted by Crippen LogP contribution is 2.33. The lowest BCUT2D eigenvalue weighted by molar-refractivity contribution is -0.140. The number of carbonyl (C=O) groups is 2. The molecule has 2 amide bonds. The zero-order valence-corrected chi connectivity index (χ0v) is 26.7. The van der Waals surface area contributed by atoms with Crippen LogP contribution >= 0.6 is 34.8 Å². The minimum Gasteiger partial charge on any atom is -0.495 e. The maximum atomic E-state index is 14.2. The predicted molar refractivity (Wildman–Crippen MR) is 169 cm³/mol. The van der Waals surface area contributed by atoms with E-state index in [-0.39, 0.29) is 35.3 Å². The van der Waals surface area contributed by atoms with Crippen LogP contribution in [0.4, 0.5) is 5.69 Å². The van der Waals surface area contributed by atoms with E-state index in [0.29, 0.717) is 22.2 Å². The van der Waals surface area contributed by atoms with Crippen molar-refractivity contribution >= 4 is 62.3 Å². The van der Waals surface area contributed by atoms with E-state index in [0.717, 1.165) is 29.0 Å². The Morgan fingerprint density at radius 3 is 2.24 bits per heavy atom. The number of benzene rings is 3. The van der Waals surface area contributed by atoms with Crippen LogP contribution in [0.5, 0.6) is 5.75 Å². The molecule has 0 spiro atoms. The highest BCUT2D eigenvalue weighted by molar-refractivity contribution is 7.92. The Bertz CT molecular complexity index is 1470. The van der Waals surface area contributed by atoms with Crippen LogP contribution in [0.1, 0.15) is 30.9 Å². The molecule has 42 heavy (non-hydrogen) atoms. The minimum atomic E-state index is -4.01. The van der Waals surface area contributed by atoms with Crippen LogP contribution in [0.25, 0.3) is 0 Å². The fraction of sp³-hybridized carbons (Fsp3) is 0.333. The lowest BCUT2D eigenvalue weighted by Crippen LogP contribution is -2.53. The summed E-state index contributed by atoms with van der Waals surface area (Å²) in [5.74, 6) is -0.823. The number of rotatable bonds is 14. The lowest BCUT2D eigenvalue weighted by Gasteiger charge is -2.34. The van der Waals surface area contributed by atoms with Gasteiger partial charge in [-0.15, -0.1) is 0 Å². The van der Waals surface area contributed by atoms with E-state index in [2.05, 4.69) is 5.32 Å². The van der Waals surface area contributed by atoms with Crippen molar-refractivity contribution in [3.63, 3.8) is 0 Å². The number of carbonyl (C=O) groups excluding carboxylic acids is 2. The first-order chi connectivity index (χ1) is 20.0. The van der Waals surface area contributed by atoms with E-state index < -0.39 is 28.5 Å². The van der Waals surface area contributed by atoms with Crippen LogP contribution in [0.2, 0.25) is 15.1 Å². The molecular formula is C30H34Cl3N3O5S. The quantitative estimate of drug-likeness (QED) is 0.216. The molecular weight excluding hydrogens is 621 g/mol. The number of hydrogen-bond donors (Lipinski definition) is 1. The molecule has 8 nitrogen and oxygen atoms in total. The number of halogens is 3. The molecule has 226 valence electrons. The van der Waals surface area contributed by atoms with Crippen LogP contribution in [0.15, 0.2) is 66.7 Å². The molecule has 0 radical (unpaired) electrons. The number of unbranched alkanes of at least 4 members (excludes halogenated alkanes) is 1. The maximum absolute atomic E-state index is 14.2. The number of anilines is 1. The smallest absolute Gasteiger partial charge is 0.244 e. The van der Waals surface area contributed by atoms with Crippen LogP contribution in [-0.2, 0) is 32.6 Å². The molecule has 12 heteroatoms. The summed E-state index contributed by atoms with van der Waals surface area (Å²) < 4.78 is 32.4. The molecule has 0 aliphatic rings. The Hall–Kier alpha value is -2.98. The molecule has 1 atom stereocenters. The van der Waals surface area contributed by atoms with Gasteiger partial charge in [0.15, 0.2) is 0 Å². The number of amides is 2. The number of nitrogens with one attached hydrogen (secondary N) is 1. The molecule has 0 aliphatic carbocycles. The van der Waals surface area contributed by atoms with Crippen molar-refractivity contribution in [3.8, 4) is 5.75 Å². The van der Waals surface area contributed by atoms with Gasteiger partial charge in [0.1, 0.15) is 18.3 Å². The van der Waals surface area contributed by atoms with Gasteiger partial charge in [0, 0.05) is 40.1 Å². The topological polar surface area (TPSA) is 96.0 Å². The number of nitrogens with zero attached hydrogens (tertiary/aromatic N) is 2. The first kappa shape index (κ1) is 33.5. The number of hydrogen-bond acceptors (Lipinski definition) is 5. The molecule has 0 heterocycles. The Kier molecular flexibility index (Phi) is 12.4. The first-order valence-corrected chi connectivity index (χ1v) is 16.3. The second-order valence-electron chi connectivity index (χ2n) is 9.66. The van der Waals surface area contributed by atoms with Gasteiger partial charge in [0.05, 0.1) is 19.1 Å². The zero-order chi connectivity index (χ0) is 30.9. The minimum absolute atomic E-state index is 0.0867. The molecule has 3 rings (SSSR count). The SMILES string of the molecule is CCCCNC(=O)[C@H](Cc1ccccc1)N(Cc1c(Cl)cccc1Cl)C(=O)CN(c1cc(Cl)ccc1OC)S(C)(=O)=O. The molecule has 0 unspecified atom stereocenters. The number of ether oxygens (including phenoxy) is 1. The van der Waals surface area contributed by atoms with E-state index in [1.807, 2.05) is 37.3 Å². The van der Waals surface area contributed by atoms with Crippen LogP contribution in [0.3, 0.4) is 0 Å². The van der Waals surface area contributed by atoms with Crippen molar-refractivity contribution in [2.45, 2.75) is 38.8 Å². The highest BCUT2D eigenvalue weighted by Gasteiger charge is 2.34. The molecule has 3 aromatic carbocycles. The van der Waals surface area contributed by atoms with Gasteiger partial charge in [-0.1, -0.05) is 84.5 Å². The third kappa shape index (κ3) is 9.01. The average molecular weight is 655 g/mol. The summed E-state index contributed by atoms with van der Waals surface area (Å²) in [4.78, 5) is 29.2. The van der Waals surface area contributed by atoms with E-state index in [9.17, 15) is 18.0 Å². The average Bonchev–Trinajstić information content (AvgIpc) is 2.94. The van der Waals surface area contributed by atoms with Crippen LogP contribution < -0.4 is 14.4 Å². The standard InChI is InChI=1S/C30H34Cl3N3O5S/c1-4-5-16-34-30(38)27(17-21-10-7-6-8-11-21)35(19-23-24(32)12-9-13-25(23)33)29(37)20-36(42(3,39)40)26-18-22(31)14-15-28(26)41-2/h6-15,18,27H,4-5,16-17,19-20H2,1-3H3,(H,34,38)/t27-/m0/s1. The zero-order valence-electron chi connectivity index (χ0n) is 23.6. The second-order valence-corrected chi connectivity index (χ2v) is 12.8. The Balaban J connectivity index is 2.12. The van der Waals surface area contributed by atoms with Gasteiger partial charge >= 0.3 is 0 Å². The Morgan fingerprint density at radius 2 is 1.64 bits per heavy atom. The third-order valence-corrected chi connectivity index (χ3v) is 8.65. The predicted octanol–water partition coefficient (Wildman–Crippen LogP) is 5.98. The van der Waals surface area contributed by atoms with Gasteiger partial charge in [-0.05, 0) is 42.3 Å². The van der Waals surface area contributed by atoms with Crippen molar-refractivity contribution in [1.82, 2.24) is 10.2 Å². The monoisotopic (exact) mass is 653 g/mol. The van der Waals surface area contributed by atoms with E-state index in [4.69, 9.17) is 39.5 Å². The van der Waals surface area contributed by atoms with Gasteiger partial charge < -0.3 is 15.0 Å². The van der Waals surface area contributed by atoms with Crippen molar-refractivity contribution in [3.05, 3.63) is 92.9 Å². The van der Waals surface area contributed by atoms with Crippen molar-refractivity contribution in [1.29, 1.82) is 0 Å². The number of sulfonamides is 1. The van der Waals surface area contributed by atoms with E-state index in [1.165, 1.54) is 24.1 Å². The normalized spacial score (nSPS) is 12.0. The maximum Gasteiger partial charge on any atom is 0.244 e. The highest BCUT2D eigenvalue weighted by atomic mass is 35.5. The molecule has 0 aliphatic heterocycles. The fourth-order valence-electron chi connectivity index (χ4n) is 4.37. The van der Waals surface area contributed by atoms with Gasteiger partial charge in [0.2, 0.25) is 21.8 Å². The number of methoxy groups -OCH3 is 1. The summed E-state index contributed by atoms with van der Waals surface area (Å²) in [6, 6.07) is 17.7. The van der Waals surface area contributed by atoms with Crippen molar-refractivity contribution in [2.75, 3.05) is 30.8 Å². The summed E-state index contributed by atoms with van der Waals surface area (Å²) in [6.07, 6.45) is 2.78. The molecule has 0 saturated heterocycles. The molecule has 0 bridgehead atoms. The summed E-state index contributed by atoms with van der Waals surface area (Å²) >= 11 is 19.2. The van der Waals surface area contributed by atoms with Crippen molar-refractivity contribution in [2.24, 2.45) is 0 Å².